The van der Waals surface area contributed by atoms with Crippen LogP contribution in [0.5, 0.6) is 0 Å². The van der Waals surface area contributed by atoms with Crippen molar-refractivity contribution in [2.75, 3.05) is 0 Å². The van der Waals surface area contributed by atoms with Crippen molar-refractivity contribution in [3.63, 3.8) is 0 Å². The van der Waals surface area contributed by atoms with Gasteiger partial charge in [0.25, 0.3) is 0 Å². The molecule has 19 heavy (non-hydrogen) atoms. The number of hydrogen-bond donors (Lipinski definition) is 0. The third-order valence-electron chi connectivity index (χ3n) is 3.86. The summed E-state index contributed by atoms with van der Waals surface area (Å²) in [4.78, 5) is 0. The number of hydrogen-bond acceptors (Lipinski definition) is 0. The van der Waals surface area contributed by atoms with Crippen molar-refractivity contribution >= 4 is 0 Å². The molecule has 0 saturated heterocycles. The van der Waals surface area contributed by atoms with Crippen LogP contribution in [0.15, 0.2) is 45.4 Å². The van der Waals surface area contributed by atoms with Crippen molar-refractivity contribution in [3.8, 4) is 0 Å². The van der Waals surface area contributed by atoms with Crippen LogP contribution in [0, 0.1) is 0 Å². The molecule has 0 nitrogen and oxygen atoms in total. The van der Waals surface area contributed by atoms with Gasteiger partial charge in [0.05, 0.1) is 0 Å². The second-order valence-electron chi connectivity index (χ2n) is 5.29. The van der Waals surface area contributed by atoms with Crippen LogP contribution in [0.1, 0.15) is 52.4 Å². The standard InChI is InChI=1S/2C5H5.2C4H9.Fe/c2*1-2-4-5-3-1;2*1-3-4-2;/h2*1-3H,4H2;2*1,3-4H2,2H3;. The summed E-state index contributed by atoms with van der Waals surface area (Å²) in [5.41, 5.74) is 0. The predicted octanol–water partition coefficient (Wildman–Crippen LogP) is 6.26. The average Bonchev–Trinajstić information content (AvgIpc) is 3.12. The zero-order valence-electron chi connectivity index (χ0n) is 12.5. The first kappa shape index (κ1) is 14.9. The van der Waals surface area contributed by atoms with Crippen molar-refractivity contribution in [2.24, 2.45) is 0 Å². The Balaban J connectivity index is 2.25. The third kappa shape index (κ3) is 3.33. The molecular weight excluding hydrogens is 272 g/mol. The van der Waals surface area contributed by atoms with E-state index in [1.165, 1.54) is 49.2 Å². The van der Waals surface area contributed by atoms with Gasteiger partial charge >= 0.3 is 121 Å². The average molecular weight is 300 g/mol. The van der Waals surface area contributed by atoms with E-state index >= 15 is 0 Å². The number of allylic oxidation sites excluding steroid dienone is 8. The summed E-state index contributed by atoms with van der Waals surface area (Å²) in [5, 5.41) is 2.93. The van der Waals surface area contributed by atoms with Crippen LogP contribution in [0.2, 0.25) is 10.6 Å². The van der Waals surface area contributed by atoms with Gasteiger partial charge in [0.15, 0.2) is 0 Å². The second-order valence-corrected chi connectivity index (χ2v) is 10.2. The molecule has 1 heteroatoms. The zero-order valence-corrected chi connectivity index (χ0v) is 13.6. The fourth-order valence-electron chi connectivity index (χ4n) is 2.70. The van der Waals surface area contributed by atoms with Crippen molar-refractivity contribution in [2.45, 2.75) is 63.0 Å². The van der Waals surface area contributed by atoms with Crippen LogP contribution in [-0.4, -0.2) is 0 Å². The Hall–Kier alpha value is -0.521. The molecule has 0 aromatic heterocycles. The summed E-state index contributed by atoms with van der Waals surface area (Å²) in [7, 11) is 0. The van der Waals surface area contributed by atoms with E-state index in [0.717, 1.165) is 0 Å². The fraction of sp³-hybridized carbons (Fsp3) is 0.556. The van der Waals surface area contributed by atoms with Crippen molar-refractivity contribution in [3.05, 3.63) is 45.4 Å². The van der Waals surface area contributed by atoms with E-state index in [-0.39, 0.29) is 0 Å². The van der Waals surface area contributed by atoms with Gasteiger partial charge in [0, 0.05) is 0 Å². The molecule has 0 aromatic rings. The maximum atomic E-state index is 2.45. The van der Waals surface area contributed by atoms with E-state index in [1.54, 1.807) is 8.94 Å². The van der Waals surface area contributed by atoms with E-state index in [4.69, 9.17) is 0 Å². The fourth-order valence-corrected chi connectivity index (χ4v) is 9.00. The summed E-state index contributed by atoms with van der Waals surface area (Å²) >= 11 is -1.20. The molecule has 2 aliphatic rings. The molecule has 0 spiro atoms. The zero-order chi connectivity index (χ0) is 13.6. The van der Waals surface area contributed by atoms with Crippen LogP contribution in [0.3, 0.4) is 0 Å². The molecule has 0 aliphatic heterocycles. The van der Waals surface area contributed by atoms with E-state index in [1.807, 2.05) is 0 Å². The van der Waals surface area contributed by atoms with Crippen LogP contribution >= 0.6 is 0 Å². The molecule has 0 N–H and O–H groups in total. The van der Waals surface area contributed by atoms with Crippen LogP contribution in [0.4, 0.5) is 0 Å². The van der Waals surface area contributed by atoms with Crippen LogP contribution in [0.25, 0.3) is 0 Å². The molecule has 0 bridgehead atoms. The summed E-state index contributed by atoms with van der Waals surface area (Å²) in [6.07, 6.45) is 22.1. The Morgan fingerprint density at radius 3 is 1.63 bits per heavy atom. The van der Waals surface area contributed by atoms with Crippen molar-refractivity contribution in [1.29, 1.82) is 0 Å². The molecule has 0 amide bonds. The predicted molar refractivity (Wildman–Crippen MR) is 83.1 cm³/mol. The van der Waals surface area contributed by atoms with Crippen molar-refractivity contribution < 1.29 is 12.8 Å². The Morgan fingerprint density at radius 1 is 0.842 bits per heavy atom. The first-order chi connectivity index (χ1) is 9.33. The molecule has 0 heterocycles. The van der Waals surface area contributed by atoms with Gasteiger partial charge in [-0.25, -0.2) is 0 Å². The topological polar surface area (TPSA) is 0 Å². The molecule has 0 radical (unpaired) electrons. The van der Waals surface area contributed by atoms with Gasteiger partial charge in [-0.15, -0.1) is 0 Å². The molecule has 0 fully saturated rings. The second kappa shape index (κ2) is 7.31. The molecule has 2 rings (SSSR count). The maximum absolute atomic E-state index is 2.45. The van der Waals surface area contributed by atoms with Gasteiger partial charge in [0.1, 0.15) is 0 Å². The van der Waals surface area contributed by atoms with E-state index in [9.17, 15) is 0 Å². The molecule has 2 aliphatic carbocycles. The molecule has 0 aromatic carbocycles. The summed E-state index contributed by atoms with van der Waals surface area (Å²) in [5.74, 6) is 0. The van der Waals surface area contributed by atoms with Gasteiger partial charge < -0.3 is 0 Å². The third-order valence-corrected chi connectivity index (χ3v) is 10.1. The number of unbranched alkanes of at least 4 members (excludes halogenated alkanes) is 2. The minimum atomic E-state index is -1.20. The Labute approximate surface area is 121 Å². The molecular formula is C18H28Fe. The van der Waals surface area contributed by atoms with Gasteiger partial charge in [-0.2, -0.15) is 0 Å². The first-order valence-corrected chi connectivity index (χ1v) is 10.4. The van der Waals surface area contributed by atoms with Gasteiger partial charge in [-0.3, -0.25) is 0 Å². The quantitative estimate of drug-likeness (QED) is 0.464. The van der Waals surface area contributed by atoms with E-state index < -0.39 is 12.8 Å². The summed E-state index contributed by atoms with van der Waals surface area (Å²) in [6.45, 7) is 4.67. The Bertz CT molecular complexity index is 369. The van der Waals surface area contributed by atoms with Crippen LogP contribution in [-0.2, 0) is 12.8 Å². The van der Waals surface area contributed by atoms with E-state index in [2.05, 4.69) is 50.3 Å². The first-order valence-electron chi connectivity index (χ1n) is 7.70. The molecule has 108 valence electrons. The van der Waals surface area contributed by atoms with Gasteiger partial charge in [0.2, 0.25) is 0 Å². The number of rotatable bonds is 8. The summed E-state index contributed by atoms with van der Waals surface area (Å²) in [6, 6.07) is 0. The van der Waals surface area contributed by atoms with Gasteiger partial charge in [-0.05, 0) is 0 Å². The Morgan fingerprint density at radius 2 is 1.32 bits per heavy atom. The SMILES string of the molecule is CCC[CH2][Fe]([CH2]CCC)([C]1=CC=CC1)[C]1=CC=CC1. The normalized spacial score (nSPS) is 18.8. The van der Waals surface area contributed by atoms with Gasteiger partial charge in [-0.1, -0.05) is 0 Å². The summed E-state index contributed by atoms with van der Waals surface area (Å²) < 4.78 is 3.59. The monoisotopic (exact) mass is 300 g/mol. The minimum absolute atomic E-state index is 1.20. The van der Waals surface area contributed by atoms with Crippen LogP contribution < -0.4 is 0 Å². The molecule has 0 saturated carbocycles. The van der Waals surface area contributed by atoms with Crippen molar-refractivity contribution in [1.82, 2.24) is 0 Å². The molecule has 0 atom stereocenters. The molecule has 0 unspecified atom stereocenters. The Kier molecular flexibility index (Phi) is 5.73. The van der Waals surface area contributed by atoms with E-state index in [0.29, 0.717) is 0 Å².